The molecule has 1 rings (SSSR count). The van der Waals surface area contributed by atoms with Crippen molar-refractivity contribution < 1.29 is 19.3 Å². The van der Waals surface area contributed by atoms with E-state index in [9.17, 15) is 4.79 Å². The fourth-order valence-electron chi connectivity index (χ4n) is 2.37. The van der Waals surface area contributed by atoms with Crippen LogP contribution in [0.2, 0.25) is 0 Å². The van der Waals surface area contributed by atoms with Crippen LogP contribution in [0.4, 0.5) is 4.79 Å². The SMILES string of the molecule is C=CCC1CC[C@@H](COOCC)N1C(=O)OC(C)(C)C. The maximum absolute atomic E-state index is 12.4. The quantitative estimate of drug-likeness (QED) is 0.325. The number of likely N-dealkylation sites (tertiary alicyclic amines) is 1. The molecule has 1 aliphatic heterocycles. The molecule has 0 aromatic rings. The highest BCUT2D eigenvalue weighted by Gasteiger charge is 2.38. The van der Waals surface area contributed by atoms with Crippen LogP contribution in [-0.2, 0) is 14.5 Å². The number of rotatable bonds is 6. The van der Waals surface area contributed by atoms with E-state index in [1.54, 1.807) is 4.90 Å². The smallest absolute Gasteiger partial charge is 0.410 e. The molecule has 0 bridgehead atoms. The molecule has 0 aromatic carbocycles. The Morgan fingerprint density at radius 1 is 1.30 bits per heavy atom. The monoisotopic (exact) mass is 285 g/mol. The molecule has 1 aliphatic rings. The van der Waals surface area contributed by atoms with Gasteiger partial charge in [-0.15, -0.1) is 6.58 Å². The van der Waals surface area contributed by atoms with Crippen LogP contribution in [0.25, 0.3) is 0 Å². The fraction of sp³-hybridized carbons (Fsp3) is 0.800. The van der Waals surface area contributed by atoms with E-state index in [1.165, 1.54) is 0 Å². The van der Waals surface area contributed by atoms with Crippen molar-refractivity contribution in [1.82, 2.24) is 4.90 Å². The molecule has 1 fully saturated rings. The van der Waals surface area contributed by atoms with Crippen molar-refractivity contribution >= 4 is 6.09 Å². The first kappa shape index (κ1) is 17.0. The van der Waals surface area contributed by atoms with Crippen LogP contribution >= 0.6 is 0 Å². The lowest BCUT2D eigenvalue weighted by molar-refractivity contribution is -0.296. The Hall–Kier alpha value is -1.07. The van der Waals surface area contributed by atoms with Gasteiger partial charge in [-0.25, -0.2) is 14.6 Å². The van der Waals surface area contributed by atoms with Crippen molar-refractivity contribution in [3.63, 3.8) is 0 Å². The average molecular weight is 285 g/mol. The minimum Gasteiger partial charge on any atom is -0.444 e. The fourth-order valence-corrected chi connectivity index (χ4v) is 2.37. The van der Waals surface area contributed by atoms with E-state index in [2.05, 4.69) is 6.58 Å². The molecule has 0 N–H and O–H groups in total. The molecule has 116 valence electrons. The molecule has 20 heavy (non-hydrogen) atoms. The number of amides is 1. The van der Waals surface area contributed by atoms with E-state index in [4.69, 9.17) is 14.5 Å². The second-order valence-corrected chi connectivity index (χ2v) is 5.99. The normalized spacial score (nSPS) is 22.9. The molecular weight excluding hydrogens is 258 g/mol. The van der Waals surface area contributed by atoms with Gasteiger partial charge in [-0.3, -0.25) is 4.90 Å². The standard InChI is InChI=1S/C15H27NO4/c1-6-8-12-9-10-13(11-19-18-7-2)16(12)14(17)20-15(3,4)5/h6,12-13H,1,7-11H2,2-5H3/t12?,13-/m0/s1. The van der Waals surface area contributed by atoms with E-state index in [-0.39, 0.29) is 18.2 Å². The zero-order chi connectivity index (χ0) is 15.2. The molecule has 5 nitrogen and oxygen atoms in total. The van der Waals surface area contributed by atoms with E-state index in [0.29, 0.717) is 13.2 Å². The summed E-state index contributed by atoms with van der Waals surface area (Å²) in [7, 11) is 0. The first-order valence-corrected chi connectivity index (χ1v) is 7.25. The Bertz CT molecular complexity index is 324. The third kappa shape index (κ3) is 5.13. The number of nitrogens with zero attached hydrogens (tertiary/aromatic N) is 1. The third-order valence-corrected chi connectivity index (χ3v) is 3.12. The minimum atomic E-state index is -0.496. The molecule has 0 aromatic heterocycles. The largest absolute Gasteiger partial charge is 0.444 e. The lowest BCUT2D eigenvalue weighted by Crippen LogP contribution is -2.45. The summed E-state index contributed by atoms with van der Waals surface area (Å²) in [6.07, 6.45) is 4.15. The number of carbonyl (C=O) groups excluding carboxylic acids is 1. The first-order chi connectivity index (χ1) is 9.39. The second-order valence-electron chi connectivity index (χ2n) is 5.99. The highest BCUT2D eigenvalue weighted by Crippen LogP contribution is 2.29. The van der Waals surface area contributed by atoms with Crippen molar-refractivity contribution in [1.29, 1.82) is 0 Å². The summed E-state index contributed by atoms with van der Waals surface area (Å²) >= 11 is 0. The summed E-state index contributed by atoms with van der Waals surface area (Å²) in [5.41, 5.74) is -0.496. The maximum atomic E-state index is 12.4. The molecule has 2 atom stereocenters. The molecular formula is C15H27NO4. The summed E-state index contributed by atoms with van der Waals surface area (Å²) in [6.45, 7) is 12.1. The topological polar surface area (TPSA) is 48.0 Å². The number of carbonyl (C=O) groups is 1. The van der Waals surface area contributed by atoms with E-state index in [0.717, 1.165) is 19.3 Å². The third-order valence-electron chi connectivity index (χ3n) is 3.12. The molecule has 0 aliphatic carbocycles. The van der Waals surface area contributed by atoms with Crippen molar-refractivity contribution in [2.75, 3.05) is 13.2 Å². The molecule has 1 amide bonds. The lowest BCUT2D eigenvalue weighted by atomic mass is 10.1. The Morgan fingerprint density at radius 3 is 2.50 bits per heavy atom. The molecule has 0 saturated carbocycles. The van der Waals surface area contributed by atoms with Crippen molar-refractivity contribution in [3.05, 3.63) is 12.7 Å². The highest BCUT2D eigenvalue weighted by molar-refractivity contribution is 5.69. The summed E-state index contributed by atoms with van der Waals surface area (Å²) in [4.78, 5) is 24.2. The summed E-state index contributed by atoms with van der Waals surface area (Å²) in [5, 5.41) is 0. The maximum Gasteiger partial charge on any atom is 0.410 e. The van der Waals surface area contributed by atoms with Gasteiger partial charge >= 0.3 is 6.09 Å². The Balaban J connectivity index is 2.69. The van der Waals surface area contributed by atoms with Crippen LogP contribution in [0, 0.1) is 0 Å². The van der Waals surface area contributed by atoms with Gasteiger partial charge in [0, 0.05) is 6.04 Å². The molecule has 5 heteroatoms. The van der Waals surface area contributed by atoms with Crippen LogP contribution in [-0.4, -0.2) is 41.9 Å². The van der Waals surface area contributed by atoms with Crippen LogP contribution < -0.4 is 0 Å². The zero-order valence-electron chi connectivity index (χ0n) is 13.1. The Morgan fingerprint density at radius 2 is 1.95 bits per heavy atom. The van der Waals surface area contributed by atoms with E-state index < -0.39 is 5.60 Å². The summed E-state index contributed by atoms with van der Waals surface area (Å²) < 4.78 is 5.49. The van der Waals surface area contributed by atoms with E-state index >= 15 is 0 Å². The van der Waals surface area contributed by atoms with Gasteiger partial charge in [0.2, 0.25) is 0 Å². The molecule has 1 heterocycles. The molecule has 1 unspecified atom stereocenters. The average Bonchev–Trinajstić information content (AvgIpc) is 2.71. The number of ether oxygens (including phenoxy) is 1. The van der Waals surface area contributed by atoms with Crippen molar-refractivity contribution in [2.45, 2.75) is 64.6 Å². The van der Waals surface area contributed by atoms with Gasteiger partial charge in [0.15, 0.2) is 0 Å². The lowest BCUT2D eigenvalue weighted by Gasteiger charge is -2.32. The van der Waals surface area contributed by atoms with Gasteiger partial charge in [0.1, 0.15) is 12.2 Å². The van der Waals surface area contributed by atoms with Crippen LogP contribution in [0.1, 0.15) is 47.0 Å². The van der Waals surface area contributed by atoms with Gasteiger partial charge in [0.05, 0.1) is 12.6 Å². The predicted molar refractivity (Wildman–Crippen MR) is 77.3 cm³/mol. The van der Waals surface area contributed by atoms with Gasteiger partial charge in [0.25, 0.3) is 0 Å². The highest BCUT2D eigenvalue weighted by atomic mass is 17.2. The number of hydrogen-bond donors (Lipinski definition) is 0. The molecule has 1 saturated heterocycles. The van der Waals surface area contributed by atoms with Gasteiger partial charge in [-0.05, 0) is 47.0 Å². The molecule has 0 radical (unpaired) electrons. The Kier molecular flexibility index (Phi) is 6.49. The molecule has 0 spiro atoms. The predicted octanol–water partition coefficient (Wildman–Crippen LogP) is 3.30. The minimum absolute atomic E-state index is 0.00125. The zero-order valence-corrected chi connectivity index (χ0v) is 13.1. The number of hydrogen-bond acceptors (Lipinski definition) is 4. The van der Waals surface area contributed by atoms with Crippen molar-refractivity contribution in [3.8, 4) is 0 Å². The van der Waals surface area contributed by atoms with Crippen LogP contribution in [0.5, 0.6) is 0 Å². The van der Waals surface area contributed by atoms with Gasteiger partial charge in [-0.1, -0.05) is 6.08 Å². The van der Waals surface area contributed by atoms with Gasteiger partial charge < -0.3 is 4.74 Å². The van der Waals surface area contributed by atoms with Crippen molar-refractivity contribution in [2.24, 2.45) is 0 Å². The van der Waals surface area contributed by atoms with Crippen LogP contribution in [0.3, 0.4) is 0 Å². The van der Waals surface area contributed by atoms with Gasteiger partial charge in [-0.2, -0.15) is 0 Å². The first-order valence-electron chi connectivity index (χ1n) is 7.25. The summed E-state index contributed by atoms with van der Waals surface area (Å²) in [5.74, 6) is 0. The second kappa shape index (κ2) is 7.64. The summed E-state index contributed by atoms with van der Waals surface area (Å²) in [6, 6.07) is 0.138. The van der Waals surface area contributed by atoms with Crippen LogP contribution in [0.15, 0.2) is 12.7 Å². The van der Waals surface area contributed by atoms with E-state index in [1.807, 2.05) is 33.8 Å². The Labute approximate surface area is 121 Å².